The highest BCUT2D eigenvalue weighted by atomic mass is 127. The number of benzene rings is 1. The highest BCUT2D eigenvalue weighted by molar-refractivity contribution is 14.1. The minimum atomic E-state index is 0.502. The zero-order valence-electron chi connectivity index (χ0n) is 8.51. The van der Waals surface area contributed by atoms with Crippen LogP contribution in [0.3, 0.4) is 0 Å². The van der Waals surface area contributed by atoms with Crippen molar-refractivity contribution in [2.75, 3.05) is 0 Å². The molecule has 0 saturated carbocycles. The van der Waals surface area contributed by atoms with Gasteiger partial charge in [0.1, 0.15) is 5.15 Å². The molecule has 0 amide bonds. The Hall–Kier alpha value is -1.21. The van der Waals surface area contributed by atoms with E-state index in [0.29, 0.717) is 10.8 Å². The molecule has 3 aromatic rings. The molecule has 0 N–H and O–H groups in total. The normalized spacial score (nSPS) is 10.9. The summed E-state index contributed by atoms with van der Waals surface area (Å²) in [7, 11) is 0. The van der Waals surface area contributed by atoms with E-state index in [4.69, 9.17) is 11.6 Å². The molecule has 2 heterocycles. The Morgan fingerprint density at radius 1 is 1.12 bits per heavy atom. The number of rotatable bonds is 1. The molecule has 0 spiro atoms. The summed E-state index contributed by atoms with van der Waals surface area (Å²) in [6.45, 7) is 0. The zero-order chi connectivity index (χ0) is 11.8. The summed E-state index contributed by atoms with van der Waals surface area (Å²) in [6, 6.07) is 7.96. The van der Waals surface area contributed by atoms with Gasteiger partial charge in [0.25, 0.3) is 0 Å². The van der Waals surface area contributed by atoms with Crippen LogP contribution in [0.25, 0.3) is 17.0 Å². The topological polar surface area (TPSA) is 43.1 Å². The van der Waals surface area contributed by atoms with Gasteiger partial charge in [-0.05, 0) is 28.7 Å². The van der Waals surface area contributed by atoms with E-state index < -0.39 is 0 Å². The molecule has 0 saturated heterocycles. The molecule has 0 aliphatic rings. The zero-order valence-corrected chi connectivity index (χ0v) is 11.4. The second kappa shape index (κ2) is 4.23. The minimum absolute atomic E-state index is 0.502. The van der Waals surface area contributed by atoms with Crippen molar-refractivity contribution in [3.05, 3.63) is 45.4 Å². The van der Waals surface area contributed by atoms with E-state index in [1.54, 1.807) is 16.8 Å². The standard InChI is InChI=1S/C11H6ClIN4/c12-9-5-14-6-10-15-16-11(17(9)10)7-3-1-2-4-8(7)13/h1-6H. The molecule has 0 bridgehead atoms. The van der Waals surface area contributed by atoms with Crippen LogP contribution in [0, 0.1) is 3.57 Å². The van der Waals surface area contributed by atoms with Gasteiger partial charge in [0.05, 0.1) is 12.4 Å². The third-order valence-corrected chi connectivity index (χ3v) is 3.59. The van der Waals surface area contributed by atoms with Crippen LogP contribution >= 0.6 is 34.2 Å². The second-order valence-electron chi connectivity index (χ2n) is 3.43. The average molecular weight is 357 g/mol. The van der Waals surface area contributed by atoms with E-state index in [1.165, 1.54) is 0 Å². The highest BCUT2D eigenvalue weighted by Crippen LogP contribution is 2.25. The lowest BCUT2D eigenvalue weighted by Crippen LogP contribution is -1.93. The maximum absolute atomic E-state index is 6.12. The van der Waals surface area contributed by atoms with E-state index in [9.17, 15) is 0 Å². The van der Waals surface area contributed by atoms with Gasteiger partial charge in [0, 0.05) is 9.13 Å². The third-order valence-electron chi connectivity index (χ3n) is 2.39. The molecule has 84 valence electrons. The van der Waals surface area contributed by atoms with Crippen LogP contribution in [-0.2, 0) is 0 Å². The predicted octanol–water partition coefficient (Wildman–Crippen LogP) is 3.05. The molecule has 2 aromatic heterocycles. The summed E-state index contributed by atoms with van der Waals surface area (Å²) < 4.78 is 2.89. The van der Waals surface area contributed by atoms with Gasteiger partial charge in [0.2, 0.25) is 0 Å². The lowest BCUT2D eigenvalue weighted by atomic mass is 10.2. The quantitative estimate of drug-likeness (QED) is 0.630. The van der Waals surface area contributed by atoms with Crippen molar-refractivity contribution in [3.63, 3.8) is 0 Å². The fourth-order valence-corrected chi connectivity index (χ4v) is 2.48. The van der Waals surface area contributed by atoms with Gasteiger partial charge in [-0.15, -0.1) is 10.2 Å². The third kappa shape index (κ3) is 1.79. The van der Waals surface area contributed by atoms with Crippen LogP contribution in [0.4, 0.5) is 0 Å². The van der Waals surface area contributed by atoms with Gasteiger partial charge >= 0.3 is 0 Å². The molecule has 6 heteroatoms. The van der Waals surface area contributed by atoms with Gasteiger partial charge in [-0.1, -0.05) is 29.8 Å². The van der Waals surface area contributed by atoms with E-state index in [1.807, 2.05) is 24.3 Å². The van der Waals surface area contributed by atoms with Crippen molar-refractivity contribution < 1.29 is 0 Å². The first-order chi connectivity index (χ1) is 8.27. The Kier molecular flexibility index (Phi) is 2.71. The van der Waals surface area contributed by atoms with Crippen LogP contribution in [0.1, 0.15) is 0 Å². The minimum Gasteiger partial charge on any atom is -0.262 e. The molecule has 0 aliphatic carbocycles. The van der Waals surface area contributed by atoms with Crippen molar-refractivity contribution in [1.29, 1.82) is 0 Å². The molecule has 0 fully saturated rings. The molecule has 3 rings (SSSR count). The monoisotopic (exact) mass is 356 g/mol. The van der Waals surface area contributed by atoms with Crippen LogP contribution in [0.2, 0.25) is 5.15 Å². The van der Waals surface area contributed by atoms with Gasteiger partial charge in [-0.25, -0.2) is 0 Å². The van der Waals surface area contributed by atoms with Gasteiger partial charge in [-0.3, -0.25) is 9.38 Å². The van der Waals surface area contributed by atoms with Crippen molar-refractivity contribution in [3.8, 4) is 11.4 Å². The molecule has 17 heavy (non-hydrogen) atoms. The van der Waals surface area contributed by atoms with Gasteiger partial charge in [-0.2, -0.15) is 0 Å². The summed E-state index contributed by atoms with van der Waals surface area (Å²) >= 11 is 8.39. The molecule has 0 aliphatic heterocycles. The predicted molar refractivity (Wildman–Crippen MR) is 73.9 cm³/mol. The SMILES string of the molecule is Clc1cncc2nnc(-c3ccccc3I)n12. The maximum Gasteiger partial charge on any atom is 0.180 e. The molecule has 4 nitrogen and oxygen atoms in total. The Morgan fingerprint density at radius 2 is 1.94 bits per heavy atom. The number of hydrogen-bond donors (Lipinski definition) is 0. The van der Waals surface area contributed by atoms with Crippen molar-refractivity contribution in [2.45, 2.75) is 0 Å². The summed E-state index contributed by atoms with van der Waals surface area (Å²) in [5.41, 5.74) is 1.65. The number of halogens is 2. The average Bonchev–Trinajstić information content (AvgIpc) is 2.75. The summed E-state index contributed by atoms with van der Waals surface area (Å²) in [5.74, 6) is 0.734. The molecular formula is C11H6ClIN4. The van der Waals surface area contributed by atoms with E-state index in [2.05, 4.69) is 37.8 Å². The lowest BCUT2D eigenvalue weighted by molar-refractivity contribution is 1.11. The first kappa shape index (κ1) is 10.9. The van der Waals surface area contributed by atoms with Crippen LogP contribution in [0.15, 0.2) is 36.7 Å². The molecule has 0 unspecified atom stereocenters. The Labute approximate surface area is 116 Å². The highest BCUT2D eigenvalue weighted by Gasteiger charge is 2.12. The second-order valence-corrected chi connectivity index (χ2v) is 4.98. The van der Waals surface area contributed by atoms with Crippen molar-refractivity contribution in [1.82, 2.24) is 19.6 Å². The molecule has 1 aromatic carbocycles. The number of fused-ring (bicyclic) bond motifs is 1. The number of hydrogen-bond acceptors (Lipinski definition) is 3. The largest absolute Gasteiger partial charge is 0.262 e. The fourth-order valence-electron chi connectivity index (χ4n) is 1.63. The van der Waals surface area contributed by atoms with E-state index in [0.717, 1.165) is 15.0 Å². The molecular weight excluding hydrogens is 351 g/mol. The molecule has 0 atom stereocenters. The van der Waals surface area contributed by atoms with Gasteiger partial charge in [0.15, 0.2) is 11.5 Å². The first-order valence-electron chi connectivity index (χ1n) is 4.87. The molecule has 0 radical (unpaired) electrons. The fraction of sp³-hybridized carbons (Fsp3) is 0. The summed E-state index contributed by atoms with van der Waals surface area (Å²) in [6.07, 6.45) is 3.22. The smallest absolute Gasteiger partial charge is 0.180 e. The van der Waals surface area contributed by atoms with Crippen LogP contribution in [0.5, 0.6) is 0 Å². The van der Waals surface area contributed by atoms with Crippen LogP contribution in [-0.4, -0.2) is 19.6 Å². The number of nitrogens with zero attached hydrogens (tertiary/aromatic N) is 4. The Bertz CT molecular complexity index is 695. The summed E-state index contributed by atoms with van der Waals surface area (Å²) in [4.78, 5) is 3.98. The Morgan fingerprint density at radius 3 is 2.76 bits per heavy atom. The van der Waals surface area contributed by atoms with Crippen LogP contribution < -0.4 is 0 Å². The Balaban J connectivity index is 2.36. The van der Waals surface area contributed by atoms with Crippen molar-refractivity contribution in [2.24, 2.45) is 0 Å². The maximum atomic E-state index is 6.12. The van der Waals surface area contributed by atoms with Gasteiger partial charge < -0.3 is 0 Å². The van der Waals surface area contributed by atoms with Crippen molar-refractivity contribution >= 4 is 39.8 Å². The number of aromatic nitrogens is 4. The van der Waals surface area contributed by atoms with E-state index >= 15 is 0 Å². The van der Waals surface area contributed by atoms with E-state index in [-0.39, 0.29) is 0 Å². The lowest BCUT2D eigenvalue weighted by Gasteiger charge is -2.03. The first-order valence-corrected chi connectivity index (χ1v) is 6.32. The summed E-state index contributed by atoms with van der Waals surface area (Å²) in [5, 5.41) is 8.73.